The minimum atomic E-state index is -0.634. The zero-order valence-electron chi connectivity index (χ0n) is 14.8. The van der Waals surface area contributed by atoms with Gasteiger partial charge in [0.2, 0.25) is 11.5 Å². The van der Waals surface area contributed by atoms with Crippen molar-refractivity contribution in [2.75, 3.05) is 12.8 Å². The van der Waals surface area contributed by atoms with Crippen LogP contribution in [0.1, 0.15) is 21.6 Å². The monoisotopic (exact) mass is 401 g/mol. The average Bonchev–Trinajstić information content (AvgIpc) is 3.14. The number of aromatic nitrogens is 2. The van der Waals surface area contributed by atoms with E-state index in [2.05, 4.69) is 25.5 Å². The maximum Gasteiger partial charge on any atom is 0.297 e. The molecule has 0 saturated heterocycles. The standard InChI is InChI=1S/C18H16ClN5O4/c1-26-15-8-12(9-21-22-18(25)16-17(20)24-28-23-16)4-7-14(15)27-10-11-2-5-13(19)6-3-11/h2-9H,10H2,1H3,(H2,20,24)(H,22,25)/b21-9-. The van der Waals surface area contributed by atoms with Crippen molar-refractivity contribution in [3.8, 4) is 11.5 Å². The van der Waals surface area contributed by atoms with Crippen molar-refractivity contribution in [3.05, 3.63) is 64.3 Å². The van der Waals surface area contributed by atoms with Gasteiger partial charge in [0.1, 0.15) is 6.61 Å². The van der Waals surface area contributed by atoms with Crippen LogP contribution in [-0.4, -0.2) is 29.5 Å². The van der Waals surface area contributed by atoms with Crippen molar-refractivity contribution in [3.63, 3.8) is 0 Å². The van der Waals surface area contributed by atoms with Crippen LogP contribution in [0, 0.1) is 0 Å². The lowest BCUT2D eigenvalue weighted by atomic mass is 10.2. The normalized spacial score (nSPS) is 10.8. The molecule has 1 amide bonds. The zero-order valence-corrected chi connectivity index (χ0v) is 15.5. The van der Waals surface area contributed by atoms with Crippen molar-refractivity contribution >= 4 is 29.5 Å². The second-order valence-corrected chi connectivity index (χ2v) is 5.96. The van der Waals surface area contributed by atoms with Crippen LogP contribution in [0.25, 0.3) is 0 Å². The number of amides is 1. The number of methoxy groups -OCH3 is 1. The zero-order chi connectivity index (χ0) is 19.9. The van der Waals surface area contributed by atoms with E-state index in [1.165, 1.54) is 13.3 Å². The Labute approximate surface area is 165 Å². The SMILES string of the molecule is COc1cc(/C=N\NC(=O)c2nonc2N)ccc1OCc1ccc(Cl)cc1. The minimum absolute atomic E-state index is 0.114. The molecule has 28 heavy (non-hydrogen) atoms. The van der Waals surface area contributed by atoms with E-state index in [0.717, 1.165) is 5.56 Å². The van der Waals surface area contributed by atoms with Crippen LogP contribution in [0.2, 0.25) is 5.02 Å². The van der Waals surface area contributed by atoms with Crippen LogP contribution in [0.4, 0.5) is 5.82 Å². The van der Waals surface area contributed by atoms with Gasteiger partial charge in [0.15, 0.2) is 11.5 Å². The molecular weight excluding hydrogens is 386 g/mol. The smallest absolute Gasteiger partial charge is 0.297 e. The highest BCUT2D eigenvalue weighted by atomic mass is 35.5. The molecule has 3 N–H and O–H groups in total. The highest BCUT2D eigenvalue weighted by Gasteiger charge is 2.15. The minimum Gasteiger partial charge on any atom is -0.493 e. The first-order valence-corrected chi connectivity index (χ1v) is 8.41. The molecule has 3 aromatic rings. The molecule has 3 rings (SSSR count). The van der Waals surface area contributed by atoms with E-state index in [0.29, 0.717) is 28.7 Å². The molecule has 0 aliphatic heterocycles. The van der Waals surface area contributed by atoms with E-state index >= 15 is 0 Å². The number of ether oxygens (including phenoxy) is 2. The molecule has 0 radical (unpaired) electrons. The van der Waals surface area contributed by atoms with Gasteiger partial charge in [0.05, 0.1) is 13.3 Å². The Morgan fingerprint density at radius 2 is 2.04 bits per heavy atom. The predicted molar refractivity (Wildman–Crippen MR) is 103 cm³/mol. The summed E-state index contributed by atoms with van der Waals surface area (Å²) in [5.41, 5.74) is 9.24. The Kier molecular flexibility index (Phi) is 6.07. The fourth-order valence-electron chi connectivity index (χ4n) is 2.20. The van der Waals surface area contributed by atoms with Crippen molar-refractivity contribution in [1.29, 1.82) is 0 Å². The summed E-state index contributed by atoms with van der Waals surface area (Å²) in [5, 5.41) is 11.2. The third kappa shape index (κ3) is 4.77. The van der Waals surface area contributed by atoms with Crippen LogP contribution < -0.4 is 20.6 Å². The largest absolute Gasteiger partial charge is 0.493 e. The Bertz CT molecular complexity index is 988. The first-order valence-electron chi connectivity index (χ1n) is 8.03. The van der Waals surface area contributed by atoms with Crippen LogP contribution in [0.15, 0.2) is 52.2 Å². The molecule has 0 spiro atoms. The second kappa shape index (κ2) is 8.87. The highest BCUT2D eigenvalue weighted by Crippen LogP contribution is 2.28. The summed E-state index contributed by atoms with van der Waals surface area (Å²) in [5.74, 6) is 0.343. The number of carbonyl (C=O) groups excluding carboxylic acids is 1. The number of anilines is 1. The summed E-state index contributed by atoms with van der Waals surface area (Å²) in [6, 6.07) is 12.6. The number of hydrazone groups is 1. The van der Waals surface area contributed by atoms with Gasteiger partial charge in [-0.3, -0.25) is 4.79 Å². The number of nitrogens with one attached hydrogen (secondary N) is 1. The van der Waals surface area contributed by atoms with E-state index in [1.807, 2.05) is 12.1 Å². The molecule has 2 aromatic carbocycles. The lowest BCUT2D eigenvalue weighted by Gasteiger charge is -2.11. The molecule has 1 heterocycles. The molecule has 10 heteroatoms. The Balaban J connectivity index is 1.62. The number of hydrogen-bond acceptors (Lipinski definition) is 8. The maximum absolute atomic E-state index is 11.8. The molecule has 0 saturated carbocycles. The molecule has 0 atom stereocenters. The van der Waals surface area contributed by atoms with Gasteiger partial charge in [0, 0.05) is 5.02 Å². The van der Waals surface area contributed by atoms with Gasteiger partial charge in [-0.05, 0) is 51.8 Å². The molecule has 144 valence electrons. The molecule has 0 unspecified atom stereocenters. The van der Waals surface area contributed by atoms with Gasteiger partial charge < -0.3 is 15.2 Å². The number of nitrogen functional groups attached to an aromatic ring is 1. The van der Waals surface area contributed by atoms with Crippen molar-refractivity contribution in [1.82, 2.24) is 15.7 Å². The lowest BCUT2D eigenvalue weighted by molar-refractivity contribution is 0.0946. The Morgan fingerprint density at radius 3 is 2.71 bits per heavy atom. The van der Waals surface area contributed by atoms with Gasteiger partial charge in [-0.1, -0.05) is 23.7 Å². The molecule has 1 aromatic heterocycles. The topological polar surface area (TPSA) is 125 Å². The van der Waals surface area contributed by atoms with Crippen molar-refractivity contribution < 1.29 is 18.9 Å². The number of rotatable bonds is 7. The Hall–Kier alpha value is -3.59. The van der Waals surface area contributed by atoms with Gasteiger partial charge in [-0.15, -0.1) is 0 Å². The number of nitrogens with two attached hydrogens (primary N) is 1. The molecular formula is C18H16ClN5O4. The van der Waals surface area contributed by atoms with Gasteiger partial charge in [-0.2, -0.15) is 5.10 Å². The first-order chi connectivity index (χ1) is 13.6. The summed E-state index contributed by atoms with van der Waals surface area (Å²) in [6.45, 7) is 0.365. The first kappa shape index (κ1) is 19.2. The third-order valence-corrected chi connectivity index (χ3v) is 3.86. The number of carbonyl (C=O) groups is 1. The van der Waals surface area contributed by atoms with Crippen LogP contribution in [0.5, 0.6) is 11.5 Å². The summed E-state index contributed by atoms with van der Waals surface area (Å²) >= 11 is 5.87. The van der Waals surface area contributed by atoms with Gasteiger partial charge in [-0.25, -0.2) is 10.1 Å². The van der Waals surface area contributed by atoms with Crippen LogP contribution in [-0.2, 0) is 6.61 Å². The maximum atomic E-state index is 11.8. The van der Waals surface area contributed by atoms with E-state index in [4.69, 9.17) is 26.8 Å². The molecule has 0 fully saturated rings. The highest BCUT2D eigenvalue weighted by molar-refractivity contribution is 6.30. The quantitative estimate of drug-likeness (QED) is 0.460. The molecule has 0 aliphatic carbocycles. The number of halogens is 1. The third-order valence-electron chi connectivity index (χ3n) is 3.60. The van der Waals surface area contributed by atoms with E-state index in [9.17, 15) is 4.79 Å². The van der Waals surface area contributed by atoms with Crippen molar-refractivity contribution in [2.24, 2.45) is 5.10 Å². The summed E-state index contributed by atoms with van der Waals surface area (Å²) < 4.78 is 15.5. The second-order valence-electron chi connectivity index (χ2n) is 5.52. The van der Waals surface area contributed by atoms with Crippen LogP contribution in [0.3, 0.4) is 0 Å². The fraction of sp³-hybridized carbons (Fsp3) is 0.111. The molecule has 0 aliphatic rings. The summed E-state index contributed by atoms with van der Waals surface area (Å²) in [6.07, 6.45) is 1.44. The molecule has 9 nitrogen and oxygen atoms in total. The van der Waals surface area contributed by atoms with Gasteiger partial charge in [0.25, 0.3) is 5.91 Å². The van der Waals surface area contributed by atoms with Crippen LogP contribution >= 0.6 is 11.6 Å². The Morgan fingerprint density at radius 1 is 1.25 bits per heavy atom. The van der Waals surface area contributed by atoms with E-state index in [-0.39, 0.29) is 11.5 Å². The number of nitrogens with zero attached hydrogens (tertiary/aromatic N) is 3. The molecule has 0 bridgehead atoms. The average molecular weight is 402 g/mol. The van der Waals surface area contributed by atoms with Gasteiger partial charge >= 0.3 is 0 Å². The van der Waals surface area contributed by atoms with E-state index < -0.39 is 5.91 Å². The number of hydrogen-bond donors (Lipinski definition) is 2. The number of benzene rings is 2. The van der Waals surface area contributed by atoms with E-state index in [1.54, 1.807) is 30.3 Å². The fourth-order valence-corrected chi connectivity index (χ4v) is 2.32. The van der Waals surface area contributed by atoms with Crippen molar-refractivity contribution in [2.45, 2.75) is 6.61 Å². The predicted octanol–water partition coefficient (Wildman–Crippen LogP) is 2.66. The summed E-state index contributed by atoms with van der Waals surface area (Å²) in [4.78, 5) is 11.8. The summed E-state index contributed by atoms with van der Waals surface area (Å²) in [7, 11) is 1.54. The lowest BCUT2D eigenvalue weighted by Crippen LogP contribution is -2.19.